The highest BCUT2D eigenvalue weighted by molar-refractivity contribution is 6.19. The number of aryl methyl sites for hydroxylation is 1. The van der Waals surface area contributed by atoms with E-state index < -0.39 is 5.41 Å². The van der Waals surface area contributed by atoms with Crippen LogP contribution in [0.15, 0.2) is 64.3 Å². The lowest BCUT2D eigenvalue weighted by molar-refractivity contribution is -0.137. The third kappa shape index (κ3) is 5.11. The topological polar surface area (TPSA) is 118 Å². The van der Waals surface area contributed by atoms with Crippen LogP contribution in [0.5, 0.6) is 0 Å². The van der Waals surface area contributed by atoms with Gasteiger partial charge in [0, 0.05) is 57.7 Å². The normalized spacial score (nSPS) is 15.1. The van der Waals surface area contributed by atoms with E-state index in [2.05, 4.69) is 9.88 Å². The first-order valence-electron chi connectivity index (χ1n) is 13.7. The number of nitrogens with two attached hydrogens (primary N) is 1. The fraction of sp³-hybridized carbons (Fsp3) is 0.355. The van der Waals surface area contributed by atoms with Gasteiger partial charge in [-0.2, -0.15) is 0 Å². The predicted octanol–water partition coefficient (Wildman–Crippen LogP) is 3.94. The maximum atomic E-state index is 13.3. The minimum Gasteiger partial charge on any atom is -0.464 e. The molecule has 0 saturated heterocycles. The molecular formula is C31H36N6O4. The Labute approximate surface area is 239 Å². The molecule has 1 aliphatic rings. The standard InChI is InChI=1S/C31H36N6O4/c1-6-37-25-10-9-21(16-26(25)34(5)29(39)31(3,4)30(37)40)18-35(19-24-23(32)8-7-12-33-24)13-14-36-17-20(2)27-22(28(36)38)11-15-41-27/h7-12,15-17H,6,13-14,18-19,32H2,1-5H3. The maximum absolute atomic E-state index is 13.3. The molecule has 4 heterocycles. The van der Waals surface area contributed by atoms with Crippen molar-refractivity contribution in [3.8, 4) is 0 Å². The Hall–Kier alpha value is -4.44. The van der Waals surface area contributed by atoms with Crippen molar-refractivity contribution in [1.82, 2.24) is 14.5 Å². The Bertz CT molecular complexity index is 1690. The summed E-state index contributed by atoms with van der Waals surface area (Å²) in [6, 6.07) is 11.2. The molecule has 4 aromatic rings. The zero-order valence-corrected chi connectivity index (χ0v) is 24.2. The number of rotatable bonds is 8. The number of fused-ring (bicyclic) bond motifs is 2. The van der Waals surface area contributed by atoms with Gasteiger partial charge in [0.15, 0.2) is 0 Å². The summed E-state index contributed by atoms with van der Waals surface area (Å²) in [6.07, 6.45) is 5.07. The SMILES string of the molecule is CCN1C(=O)C(C)(C)C(=O)N(C)c2cc(CN(CCn3cc(C)c4occc4c3=O)Cc3ncccc3N)ccc21. The first-order valence-corrected chi connectivity index (χ1v) is 13.7. The first-order chi connectivity index (χ1) is 19.5. The molecule has 10 nitrogen and oxygen atoms in total. The van der Waals surface area contributed by atoms with Gasteiger partial charge in [0.25, 0.3) is 5.56 Å². The van der Waals surface area contributed by atoms with Gasteiger partial charge in [-0.05, 0) is 63.6 Å². The number of aromatic nitrogens is 2. The van der Waals surface area contributed by atoms with Crippen LogP contribution in [0.4, 0.5) is 17.1 Å². The van der Waals surface area contributed by atoms with Crippen LogP contribution < -0.4 is 21.1 Å². The minimum absolute atomic E-state index is 0.103. The molecule has 0 radical (unpaired) electrons. The second-order valence-corrected chi connectivity index (χ2v) is 11.1. The number of hydrogen-bond acceptors (Lipinski definition) is 7. The summed E-state index contributed by atoms with van der Waals surface area (Å²) >= 11 is 0. The highest BCUT2D eigenvalue weighted by Gasteiger charge is 2.45. The van der Waals surface area contributed by atoms with Crippen LogP contribution in [0.1, 0.15) is 37.6 Å². The number of hydrogen-bond donors (Lipinski definition) is 1. The Morgan fingerprint density at radius 3 is 2.56 bits per heavy atom. The molecule has 0 saturated carbocycles. The molecule has 0 unspecified atom stereocenters. The van der Waals surface area contributed by atoms with Crippen LogP contribution in [0.2, 0.25) is 0 Å². The van der Waals surface area contributed by atoms with Crippen LogP contribution >= 0.6 is 0 Å². The number of carbonyl (C=O) groups is 2. The summed E-state index contributed by atoms with van der Waals surface area (Å²) in [4.78, 5) is 49.6. The molecule has 2 N–H and O–H groups in total. The van der Waals surface area contributed by atoms with Crippen molar-refractivity contribution in [1.29, 1.82) is 0 Å². The summed E-state index contributed by atoms with van der Waals surface area (Å²) < 4.78 is 7.20. The fourth-order valence-corrected chi connectivity index (χ4v) is 5.52. The van der Waals surface area contributed by atoms with E-state index in [0.29, 0.717) is 60.8 Å². The van der Waals surface area contributed by atoms with E-state index in [1.54, 1.807) is 53.6 Å². The van der Waals surface area contributed by atoms with Gasteiger partial charge in [0.1, 0.15) is 11.0 Å². The van der Waals surface area contributed by atoms with Crippen molar-refractivity contribution >= 4 is 39.8 Å². The van der Waals surface area contributed by atoms with Gasteiger partial charge in [0.2, 0.25) is 11.8 Å². The van der Waals surface area contributed by atoms with Gasteiger partial charge >= 0.3 is 0 Å². The minimum atomic E-state index is -1.17. The molecule has 0 atom stereocenters. The maximum Gasteiger partial charge on any atom is 0.261 e. The van der Waals surface area contributed by atoms with Crippen molar-refractivity contribution in [3.05, 3.63) is 82.2 Å². The molecular weight excluding hydrogens is 520 g/mol. The molecule has 214 valence electrons. The van der Waals surface area contributed by atoms with Gasteiger partial charge < -0.3 is 24.5 Å². The highest BCUT2D eigenvalue weighted by atomic mass is 16.3. The van der Waals surface area contributed by atoms with Gasteiger partial charge in [-0.3, -0.25) is 24.3 Å². The number of furan rings is 1. The van der Waals surface area contributed by atoms with Crippen molar-refractivity contribution in [3.63, 3.8) is 0 Å². The van der Waals surface area contributed by atoms with Crippen LogP contribution in [0, 0.1) is 12.3 Å². The van der Waals surface area contributed by atoms with Crippen molar-refractivity contribution in [2.45, 2.75) is 47.3 Å². The molecule has 2 amide bonds. The van der Waals surface area contributed by atoms with Gasteiger partial charge in [0.05, 0.1) is 34.4 Å². The largest absolute Gasteiger partial charge is 0.464 e. The molecule has 41 heavy (non-hydrogen) atoms. The Morgan fingerprint density at radius 2 is 1.83 bits per heavy atom. The number of anilines is 3. The molecule has 3 aromatic heterocycles. The van der Waals surface area contributed by atoms with E-state index in [4.69, 9.17) is 10.2 Å². The van der Waals surface area contributed by atoms with Gasteiger partial charge in [-0.15, -0.1) is 0 Å². The number of nitrogen functional groups attached to an aromatic ring is 1. The van der Waals surface area contributed by atoms with E-state index in [9.17, 15) is 14.4 Å². The Morgan fingerprint density at radius 1 is 1.05 bits per heavy atom. The summed E-state index contributed by atoms with van der Waals surface area (Å²) in [6.45, 7) is 9.60. The average Bonchev–Trinajstić information content (AvgIpc) is 3.45. The van der Waals surface area contributed by atoms with E-state index in [-0.39, 0.29) is 17.4 Å². The average molecular weight is 557 g/mol. The monoisotopic (exact) mass is 556 g/mol. The molecule has 1 aromatic carbocycles. The molecule has 0 bridgehead atoms. The van der Waals surface area contributed by atoms with Crippen LogP contribution in [0.3, 0.4) is 0 Å². The van der Waals surface area contributed by atoms with Crippen LogP contribution in [-0.4, -0.2) is 46.4 Å². The molecule has 5 rings (SSSR count). The van der Waals surface area contributed by atoms with E-state index >= 15 is 0 Å². The smallest absolute Gasteiger partial charge is 0.261 e. The lowest BCUT2D eigenvalue weighted by Gasteiger charge is -2.27. The van der Waals surface area contributed by atoms with Crippen LogP contribution in [-0.2, 0) is 29.2 Å². The van der Waals surface area contributed by atoms with E-state index in [0.717, 1.165) is 16.8 Å². The number of amides is 2. The van der Waals surface area contributed by atoms with Gasteiger partial charge in [-0.1, -0.05) is 6.07 Å². The van der Waals surface area contributed by atoms with E-state index in [1.165, 1.54) is 6.26 Å². The number of pyridine rings is 2. The lowest BCUT2D eigenvalue weighted by Crippen LogP contribution is -2.47. The van der Waals surface area contributed by atoms with Crippen molar-refractivity contribution in [2.24, 2.45) is 5.41 Å². The van der Waals surface area contributed by atoms with Gasteiger partial charge in [-0.25, -0.2) is 0 Å². The van der Waals surface area contributed by atoms with E-state index in [1.807, 2.05) is 44.3 Å². The second kappa shape index (κ2) is 10.9. The number of nitrogens with zero attached hydrogens (tertiary/aromatic N) is 5. The van der Waals surface area contributed by atoms with Crippen molar-refractivity contribution < 1.29 is 14.0 Å². The lowest BCUT2D eigenvalue weighted by atomic mass is 9.90. The molecule has 0 aliphatic carbocycles. The summed E-state index contributed by atoms with van der Waals surface area (Å²) in [5.41, 5.74) is 10.1. The highest BCUT2D eigenvalue weighted by Crippen LogP contribution is 2.39. The third-order valence-corrected chi connectivity index (χ3v) is 7.85. The third-order valence-electron chi connectivity index (χ3n) is 7.85. The summed E-state index contributed by atoms with van der Waals surface area (Å²) in [5.74, 6) is -0.467. The number of carbonyl (C=O) groups excluding carboxylic acids is 2. The zero-order valence-electron chi connectivity index (χ0n) is 24.2. The predicted molar refractivity (Wildman–Crippen MR) is 160 cm³/mol. The number of benzene rings is 1. The van der Waals surface area contributed by atoms with Crippen LogP contribution in [0.25, 0.3) is 11.0 Å². The molecule has 10 heteroatoms. The summed E-state index contributed by atoms with van der Waals surface area (Å²) in [5, 5.41) is 0.557. The molecule has 1 aliphatic heterocycles. The molecule has 0 fully saturated rings. The first kappa shape index (κ1) is 28.1. The quantitative estimate of drug-likeness (QED) is 0.327. The Kier molecular flexibility index (Phi) is 7.44. The zero-order chi connectivity index (χ0) is 29.5. The molecule has 0 spiro atoms. The second-order valence-electron chi connectivity index (χ2n) is 11.1. The Balaban J connectivity index is 1.47. The van der Waals surface area contributed by atoms with Crippen molar-refractivity contribution in [2.75, 3.05) is 35.7 Å². The fourth-order valence-electron chi connectivity index (χ4n) is 5.52. The summed E-state index contributed by atoms with van der Waals surface area (Å²) in [7, 11) is 1.71.